The van der Waals surface area contributed by atoms with Crippen molar-refractivity contribution in [1.29, 1.82) is 0 Å². The fourth-order valence-electron chi connectivity index (χ4n) is 1.80. The quantitative estimate of drug-likeness (QED) is 0.727. The van der Waals surface area contributed by atoms with Gasteiger partial charge in [-0.05, 0) is 44.4 Å². The van der Waals surface area contributed by atoms with Gasteiger partial charge in [0.25, 0.3) is 0 Å². The van der Waals surface area contributed by atoms with Crippen molar-refractivity contribution in [2.45, 2.75) is 51.5 Å². The number of nitrogens with one attached hydrogen (secondary N) is 1. The molecule has 1 unspecified atom stereocenters. The molecule has 112 valence electrons. The molecule has 1 atom stereocenters. The van der Waals surface area contributed by atoms with Crippen molar-refractivity contribution in [1.82, 2.24) is 5.32 Å². The summed E-state index contributed by atoms with van der Waals surface area (Å²) in [5, 5.41) is 13.2. The molecular weight excluding hydrogens is 254 g/mol. The van der Waals surface area contributed by atoms with Crippen LogP contribution in [0, 0.1) is 0 Å². The molecule has 1 aliphatic carbocycles. The highest BCUT2D eigenvalue weighted by molar-refractivity contribution is 5.27. The number of hydrogen-bond acceptors (Lipinski definition) is 4. The summed E-state index contributed by atoms with van der Waals surface area (Å²) in [6.07, 6.45) is 2.14. The van der Waals surface area contributed by atoms with Crippen LogP contribution < -0.4 is 10.1 Å². The molecule has 0 heterocycles. The molecule has 1 aromatic carbocycles. The smallest absolute Gasteiger partial charge is 0.119 e. The molecule has 2 rings (SSSR count). The molecule has 2 N–H and O–H groups in total. The van der Waals surface area contributed by atoms with E-state index in [1.54, 1.807) is 0 Å². The molecule has 0 amide bonds. The second kappa shape index (κ2) is 7.62. The first-order valence-corrected chi connectivity index (χ1v) is 7.38. The number of ether oxygens (including phenoxy) is 2. The minimum atomic E-state index is -0.589. The molecule has 0 aliphatic heterocycles. The largest absolute Gasteiger partial charge is 0.491 e. The normalized spacial score (nSPS) is 16.4. The van der Waals surface area contributed by atoms with Crippen LogP contribution in [0.2, 0.25) is 0 Å². The number of aliphatic hydroxyl groups is 1. The number of hydrogen-bond donors (Lipinski definition) is 2. The minimum Gasteiger partial charge on any atom is -0.491 e. The van der Waals surface area contributed by atoms with E-state index in [0.717, 1.165) is 18.3 Å². The molecule has 1 aromatic rings. The molecule has 0 spiro atoms. The minimum absolute atomic E-state index is 0.128. The fourth-order valence-corrected chi connectivity index (χ4v) is 1.80. The average Bonchev–Trinajstić information content (AvgIpc) is 3.26. The molecule has 0 aromatic heterocycles. The molecule has 4 heteroatoms. The monoisotopic (exact) mass is 279 g/mol. The van der Waals surface area contributed by atoms with Crippen molar-refractivity contribution < 1.29 is 14.6 Å². The van der Waals surface area contributed by atoms with E-state index in [1.165, 1.54) is 18.4 Å². The highest BCUT2D eigenvalue weighted by Crippen LogP contribution is 2.20. The Morgan fingerprint density at radius 2 is 1.90 bits per heavy atom. The van der Waals surface area contributed by atoms with Gasteiger partial charge >= 0.3 is 0 Å². The average molecular weight is 279 g/mol. The van der Waals surface area contributed by atoms with Gasteiger partial charge < -0.3 is 19.9 Å². The Morgan fingerprint density at radius 3 is 2.50 bits per heavy atom. The van der Waals surface area contributed by atoms with Crippen LogP contribution in [0.1, 0.15) is 32.3 Å². The zero-order chi connectivity index (χ0) is 14.4. The van der Waals surface area contributed by atoms with E-state index in [1.807, 2.05) is 26.0 Å². The van der Waals surface area contributed by atoms with Crippen LogP contribution in [0.5, 0.6) is 5.75 Å². The molecule has 4 nitrogen and oxygen atoms in total. The first-order valence-electron chi connectivity index (χ1n) is 7.38. The Morgan fingerprint density at radius 1 is 1.20 bits per heavy atom. The van der Waals surface area contributed by atoms with Crippen molar-refractivity contribution in [3.63, 3.8) is 0 Å². The Hall–Kier alpha value is -1.10. The van der Waals surface area contributed by atoms with Crippen molar-refractivity contribution in [3.8, 4) is 5.75 Å². The van der Waals surface area contributed by atoms with E-state index < -0.39 is 6.10 Å². The number of benzene rings is 1. The molecule has 1 saturated carbocycles. The molecule has 1 fully saturated rings. The van der Waals surface area contributed by atoms with Gasteiger partial charge in [0.2, 0.25) is 0 Å². The Bertz CT molecular complexity index is 387. The van der Waals surface area contributed by atoms with Gasteiger partial charge in [-0.3, -0.25) is 0 Å². The number of rotatable bonds is 9. The van der Waals surface area contributed by atoms with Gasteiger partial charge in [0.1, 0.15) is 18.5 Å². The summed E-state index contributed by atoms with van der Waals surface area (Å²) in [7, 11) is 0. The fraction of sp³-hybridized carbons (Fsp3) is 0.625. The third kappa shape index (κ3) is 5.90. The third-order valence-electron chi connectivity index (χ3n) is 3.16. The zero-order valence-electron chi connectivity index (χ0n) is 12.3. The zero-order valence-corrected chi connectivity index (χ0v) is 12.3. The van der Waals surface area contributed by atoms with Gasteiger partial charge in [0, 0.05) is 12.6 Å². The van der Waals surface area contributed by atoms with Crippen molar-refractivity contribution in [2.75, 3.05) is 13.2 Å². The SMILES string of the molecule is CC(C)OCC(O)COc1ccc(CNC2CC2)cc1. The van der Waals surface area contributed by atoms with Crippen LogP contribution >= 0.6 is 0 Å². The first kappa shape index (κ1) is 15.3. The van der Waals surface area contributed by atoms with E-state index in [-0.39, 0.29) is 12.7 Å². The van der Waals surface area contributed by atoms with E-state index in [2.05, 4.69) is 17.4 Å². The van der Waals surface area contributed by atoms with Crippen LogP contribution in [-0.4, -0.2) is 36.6 Å². The highest BCUT2D eigenvalue weighted by atomic mass is 16.5. The van der Waals surface area contributed by atoms with Crippen molar-refractivity contribution >= 4 is 0 Å². The summed E-state index contributed by atoms with van der Waals surface area (Å²) < 4.78 is 10.9. The van der Waals surface area contributed by atoms with Gasteiger partial charge in [-0.15, -0.1) is 0 Å². The lowest BCUT2D eigenvalue weighted by Gasteiger charge is -2.14. The van der Waals surface area contributed by atoms with E-state index >= 15 is 0 Å². The molecule has 0 saturated heterocycles. The van der Waals surface area contributed by atoms with Crippen molar-refractivity contribution in [3.05, 3.63) is 29.8 Å². The van der Waals surface area contributed by atoms with Crippen LogP contribution in [0.25, 0.3) is 0 Å². The maximum absolute atomic E-state index is 9.71. The lowest BCUT2D eigenvalue weighted by Crippen LogP contribution is -2.25. The van der Waals surface area contributed by atoms with Crippen LogP contribution in [0.3, 0.4) is 0 Å². The van der Waals surface area contributed by atoms with Crippen LogP contribution in [0.15, 0.2) is 24.3 Å². The second-order valence-electron chi connectivity index (χ2n) is 5.65. The molecule has 0 radical (unpaired) electrons. The summed E-state index contributed by atoms with van der Waals surface area (Å²) in [5.74, 6) is 0.781. The lowest BCUT2D eigenvalue weighted by atomic mass is 10.2. The van der Waals surface area contributed by atoms with Gasteiger partial charge in [0.15, 0.2) is 0 Å². The maximum atomic E-state index is 9.71. The summed E-state index contributed by atoms with van der Waals surface area (Å²) >= 11 is 0. The molecule has 20 heavy (non-hydrogen) atoms. The molecular formula is C16H25NO3. The Kier molecular flexibility index (Phi) is 5.83. The van der Waals surface area contributed by atoms with Crippen LogP contribution in [-0.2, 0) is 11.3 Å². The predicted octanol–water partition coefficient (Wildman–Crippen LogP) is 2.10. The van der Waals surface area contributed by atoms with Crippen LogP contribution in [0.4, 0.5) is 0 Å². The van der Waals surface area contributed by atoms with E-state index in [4.69, 9.17) is 9.47 Å². The predicted molar refractivity (Wildman–Crippen MR) is 78.9 cm³/mol. The summed E-state index contributed by atoms with van der Waals surface area (Å²) in [4.78, 5) is 0. The molecule has 0 bridgehead atoms. The lowest BCUT2D eigenvalue weighted by molar-refractivity contribution is -0.0122. The van der Waals surface area contributed by atoms with Crippen molar-refractivity contribution in [2.24, 2.45) is 0 Å². The maximum Gasteiger partial charge on any atom is 0.119 e. The van der Waals surface area contributed by atoms with Gasteiger partial charge in [-0.2, -0.15) is 0 Å². The number of aliphatic hydroxyl groups excluding tert-OH is 1. The van der Waals surface area contributed by atoms with Gasteiger partial charge in [-0.25, -0.2) is 0 Å². The molecule has 1 aliphatic rings. The highest BCUT2D eigenvalue weighted by Gasteiger charge is 2.19. The van der Waals surface area contributed by atoms with E-state index in [0.29, 0.717) is 6.61 Å². The second-order valence-corrected chi connectivity index (χ2v) is 5.65. The van der Waals surface area contributed by atoms with Gasteiger partial charge in [0.05, 0.1) is 12.7 Å². The Labute approximate surface area is 121 Å². The summed E-state index contributed by atoms with van der Waals surface area (Å²) in [6.45, 7) is 5.37. The first-order chi connectivity index (χ1) is 9.63. The van der Waals surface area contributed by atoms with E-state index in [9.17, 15) is 5.11 Å². The topological polar surface area (TPSA) is 50.7 Å². The Balaban J connectivity index is 1.67. The standard InChI is InChI=1S/C16H25NO3/c1-12(2)19-10-15(18)11-20-16-7-3-13(4-8-16)9-17-14-5-6-14/h3-4,7-8,12,14-15,17-18H,5-6,9-11H2,1-2H3. The third-order valence-corrected chi connectivity index (χ3v) is 3.16. The van der Waals surface area contributed by atoms with Gasteiger partial charge in [-0.1, -0.05) is 12.1 Å². The summed E-state index contributed by atoms with van der Waals surface area (Å²) in [6, 6.07) is 8.73. The summed E-state index contributed by atoms with van der Waals surface area (Å²) in [5.41, 5.74) is 1.26.